The van der Waals surface area contributed by atoms with Gasteiger partial charge in [0.2, 0.25) is 0 Å². The zero-order valence-corrected chi connectivity index (χ0v) is 7.92. The highest BCUT2D eigenvalue weighted by Crippen LogP contribution is 2.31. The van der Waals surface area contributed by atoms with Crippen molar-refractivity contribution in [3.8, 4) is 0 Å². The summed E-state index contributed by atoms with van der Waals surface area (Å²) in [5.41, 5.74) is 6.79. The Morgan fingerprint density at radius 2 is 2.15 bits per heavy atom. The third-order valence-corrected chi connectivity index (χ3v) is 2.89. The van der Waals surface area contributed by atoms with Crippen molar-refractivity contribution in [2.45, 2.75) is 44.6 Å². The van der Waals surface area contributed by atoms with E-state index in [9.17, 15) is 0 Å². The van der Waals surface area contributed by atoms with Gasteiger partial charge in [0, 0.05) is 17.8 Å². The van der Waals surface area contributed by atoms with Gasteiger partial charge in [-0.05, 0) is 12.8 Å². The number of hydrogen-bond donors (Lipinski definition) is 2. The molecular formula is C10H17N3. The Morgan fingerprint density at radius 1 is 1.38 bits per heavy atom. The Bertz CT molecular complexity index is 261. The first-order chi connectivity index (χ1) is 6.40. The number of imidazole rings is 1. The number of aromatic nitrogens is 2. The highest BCUT2D eigenvalue weighted by molar-refractivity contribution is 5.08. The number of H-pyrrole nitrogens is 1. The van der Waals surface area contributed by atoms with Gasteiger partial charge in [-0.25, -0.2) is 4.98 Å². The molecule has 0 unspecified atom stereocenters. The Balaban J connectivity index is 2.05. The maximum atomic E-state index is 5.50. The van der Waals surface area contributed by atoms with Gasteiger partial charge in [0.25, 0.3) is 0 Å². The fourth-order valence-electron chi connectivity index (χ4n) is 2.10. The van der Waals surface area contributed by atoms with Crippen LogP contribution >= 0.6 is 0 Å². The molecule has 1 aromatic rings. The summed E-state index contributed by atoms with van der Waals surface area (Å²) in [4.78, 5) is 7.53. The monoisotopic (exact) mass is 179 g/mol. The van der Waals surface area contributed by atoms with Crippen molar-refractivity contribution in [1.82, 2.24) is 9.97 Å². The molecule has 3 heteroatoms. The summed E-state index contributed by atoms with van der Waals surface area (Å²) in [5.74, 6) is 1.63. The number of nitrogens with one attached hydrogen (secondary N) is 1. The summed E-state index contributed by atoms with van der Waals surface area (Å²) in [6.45, 7) is 0.521. The van der Waals surface area contributed by atoms with Crippen molar-refractivity contribution in [1.29, 1.82) is 0 Å². The van der Waals surface area contributed by atoms with Crippen LogP contribution in [0.1, 0.15) is 49.5 Å². The van der Waals surface area contributed by atoms with Crippen LogP contribution in [-0.4, -0.2) is 9.97 Å². The number of nitrogens with two attached hydrogens (primary N) is 1. The first-order valence-corrected chi connectivity index (χ1v) is 5.14. The average Bonchev–Trinajstić information content (AvgIpc) is 2.67. The van der Waals surface area contributed by atoms with E-state index < -0.39 is 0 Å². The third-order valence-electron chi connectivity index (χ3n) is 2.89. The highest BCUT2D eigenvalue weighted by Gasteiger charge is 2.16. The molecule has 0 bridgehead atoms. The molecule has 1 fully saturated rings. The van der Waals surface area contributed by atoms with E-state index >= 15 is 0 Å². The molecule has 0 atom stereocenters. The van der Waals surface area contributed by atoms with Crippen LogP contribution in [0, 0.1) is 0 Å². The van der Waals surface area contributed by atoms with E-state index in [1.165, 1.54) is 37.8 Å². The van der Waals surface area contributed by atoms with Crippen LogP contribution < -0.4 is 5.73 Å². The Morgan fingerprint density at radius 3 is 2.77 bits per heavy atom. The van der Waals surface area contributed by atoms with Crippen LogP contribution in [0.2, 0.25) is 0 Å². The van der Waals surface area contributed by atoms with Crippen LogP contribution in [0.4, 0.5) is 0 Å². The van der Waals surface area contributed by atoms with E-state index in [1.807, 2.05) is 6.20 Å². The fourth-order valence-corrected chi connectivity index (χ4v) is 2.10. The molecule has 0 aromatic carbocycles. The Hall–Kier alpha value is -0.830. The van der Waals surface area contributed by atoms with Crippen molar-refractivity contribution >= 4 is 0 Å². The molecule has 0 spiro atoms. The number of nitrogens with zero attached hydrogens (tertiary/aromatic N) is 1. The third kappa shape index (κ3) is 1.91. The lowest BCUT2D eigenvalue weighted by Gasteiger charge is -2.19. The summed E-state index contributed by atoms with van der Waals surface area (Å²) >= 11 is 0. The molecule has 1 aliphatic rings. The molecule has 1 heterocycles. The molecule has 0 amide bonds. The topological polar surface area (TPSA) is 54.7 Å². The molecule has 1 saturated carbocycles. The molecule has 0 saturated heterocycles. The van der Waals surface area contributed by atoms with E-state index in [2.05, 4.69) is 9.97 Å². The largest absolute Gasteiger partial charge is 0.345 e. The second kappa shape index (κ2) is 3.92. The summed E-state index contributed by atoms with van der Waals surface area (Å²) in [7, 11) is 0. The molecule has 2 rings (SSSR count). The lowest BCUT2D eigenvalue weighted by atomic mass is 9.87. The van der Waals surface area contributed by atoms with Gasteiger partial charge < -0.3 is 10.7 Å². The van der Waals surface area contributed by atoms with Crippen molar-refractivity contribution in [2.75, 3.05) is 0 Å². The van der Waals surface area contributed by atoms with Crippen LogP contribution in [0.25, 0.3) is 0 Å². The van der Waals surface area contributed by atoms with Gasteiger partial charge in [-0.2, -0.15) is 0 Å². The Labute approximate surface area is 78.7 Å². The van der Waals surface area contributed by atoms with Crippen LogP contribution in [0.15, 0.2) is 6.20 Å². The van der Waals surface area contributed by atoms with Gasteiger partial charge in [0.15, 0.2) is 0 Å². The predicted octanol–water partition coefficient (Wildman–Crippen LogP) is 1.92. The minimum absolute atomic E-state index is 0.521. The number of hydrogen-bond acceptors (Lipinski definition) is 2. The van der Waals surface area contributed by atoms with E-state index in [0.29, 0.717) is 12.5 Å². The van der Waals surface area contributed by atoms with Crippen molar-refractivity contribution in [3.05, 3.63) is 17.7 Å². The first-order valence-electron chi connectivity index (χ1n) is 5.14. The van der Waals surface area contributed by atoms with Gasteiger partial charge in [0.1, 0.15) is 5.82 Å². The first kappa shape index (κ1) is 8.75. The second-order valence-electron chi connectivity index (χ2n) is 3.82. The molecule has 3 nitrogen and oxygen atoms in total. The molecule has 1 aromatic heterocycles. The summed E-state index contributed by atoms with van der Waals surface area (Å²) in [6.07, 6.45) is 8.70. The van der Waals surface area contributed by atoms with Gasteiger partial charge in [0.05, 0.1) is 6.54 Å². The number of rotatable bonds is 2. The van der Waals surface area contributed by atoms with E-state index in [0.717, 1.165) is 5.82 Å². The van der Waals surface area contributed by atoms with Crippen LogP contribution in [-0.2, 0) is 6.54 Å². The quantitative estimate of drug-likeness (QED) is 0.728. The van der Waals surface area contributed by atoms with E-state index in [-0.39, 0.29) is 0 Å². The zero-order valence-electron chi connectivity index (χ0n) is 7.92. The SMILES string of the molecule is NCc1ncc(C2CCCCC2)[nH]1. The molecule has 0 radical (unpaired) electrons. The average molecular weight is 179 g/mol. The molecule has 3 N–H and O–H groups in total. The normalized spacial score (nSPS) is 19.2. The lowest BCUT2D eigenvalue weighted by molar-refractivity contribution is 0.437. The summed E-state index contributed by atoms with van der Waals surface area (Å²) in [6, 6.07) is 0. The predicted molar refractivity (Wildman–Crippen MR) is 52.3 cm³/mol. The van der Waals surface area contributed by atoms with E-state index in [1.54, 1.807) is 0 Å². The zero-order chi connectivity index (χ0) is 9.10. The maximum Gasteiger partial charge on any atom is 0.120 e. The van der Waals surface area contributed by atoms with Crippen molar-refractivity contribution in [3.63, 3.8) is 0 Å². The molecule has 1 aliphatic carbocycles. The van der Waals surface area contributed by atoms with Gasteiger partial charge in [-0.15, -0.1) is 0 Å². The van der Waals surface area contributed by atoms with Crippen LogP contribution in [0.3, 0.4) is 0 Å². The molecular weight excluding hydrogens is 162 g/mol. The molecule has 13 heavy (non-hydrogen) atoms. The van der Waals surface area contributed by atoms with Gasteiger partial charge in [-0.3, -0.25) is 0 Å². The fraction of sp³-hybridized carbons (Fsp3) is 0.700. The highest BCUT2D eigenvalue weighted by atomic mass is 14.9. The second-order valence-corrected chi connectivity index (χ2v) is 3.82. The van der Waals surface area contributed by atoms with E-state index in [4.69, 9.17) is 5.73 Å². The van der Waals surface area contributed by atoms with Crippen molar-refractivity contribution in [2.24, 2.45) is 5.73 Å². The van der Waals surface area contributed by atoms with Gasteiger partial charge >= 0.3 is 0 Å². The smallest absolute Gasteiger partial charge is 0.120 e. The lowest BCUT2D eigenvalue weighted by Crippen LogP contribution is -2.05. The standard InChI is InChI=1S/C10H17N3/c11-6-10-12-7-9(13-10)8-4-2-1-3-5-8/h7-8H,1-6,11H2,(H,12,13). The molecule has 72 valence electrons. The summed E-state index contributed by atoms with van der Waals surface area (Å²) in [5, 5.41) is 0. The Kier molecular flexibility index (Phi) is 2.64. The van der Waals surface area contributed by atoms with Crippen LogP contribution in [0.5, 0.6) is 0 Å². The molecule has 0 aliphatic heterocycles. The number of aromatic amines is 1. The summed E-state index contributed by atoms with van der Waals surface area (Å²) < 4.78 is 0. The van der Waals surface area contributed by atoms with Crippen molar-refractivity contribution < 1.29 is 0 Å². The van der Waals surface area contributed by atoms with Gasteiger partial charge in [-0.1, -0.05) is 19.3 Å². The minimum Gasteiger partial charge on any atom is -0.345 e. The maximum absolute atomic E-state index is 5.50. The minimum atomic E-state index is 0.521.